The first-order valence-electron chi connectivity index (χ1n) is 7.78. The Kier molecular flexibility index (Phi) is 21.3. The highest BCUT2D eigenvalue weighted by atomic mass is 16.7. The molecule has 0 bridgehead atoms. The van der Waals surface area contributed by atoms with Crippen LogP contribution in [0.25, 0.3) is 0 Å². The number of ether oxygens (including phenoxy) is 4. The number of nitrogens with one attached hydrogen (secondary N) is 2. The quantitative estimate of drug-likeness (QED) is 0.330. The molecule has 0 unspecified atom stereocenters. The van der Waals surface area contributed by atoms with Crippen molar-refractivity contribution in [2.75, 3.05) is 53.6 Å². The summed E-state index contributed by atoms with van der Waals surface area (Å²) in [4.78, 5) is 21.2. The van der Waals surface area contributed by atoms with Crippen LogP contribution in [-0.4, -0.2) is 65.9 Å². The molecule has 140 valence electrons. The van der Waals surface area contributed by atoms with Gasteiger partial charge in [-0.25, -0.2) is 9.59 Å². The SMILES string of the molecule is CC#CC.COC(=O)OCCNCCCCNCCOC(=O)OC. The standard InChI is InChI=1S/C12H24N2O6.C4H6/c1-17-11(15)19-9-7-13-5-3-4-6-14-8-10-20-12(16)18-2;1-3-4-2/h13-14H,3-10H2,1-2H3;1-2H3. The van der Waals surface area contributed by atoms with E-state index in [9.17, 15) is 9.59 Å². The zero-order chi connectivity index (χ0) is 18.5. The van der Waals surface area contributed by atoms with Crippen LogP contribution >= 0.6 is 0 Å². The second-order valence-electron chi connectivity index (χ2n) is 4.31. The summed E-state index contributed by atoms with van der Waals surface area (Å²) in [6.07, 6.45) is 0.682. The molecule has 0 aliphatic rings. The maximum atomic E-state index is 10.6. The van der Waals surface area contributed by atoms with Crippen molar-refractivity contribution in [1.82, 2.24) is 10.6 Å². The number of hydrogen-bond donors (Lipinski definition) is 2. The van der Waals surface area contributed by atoms with E-state index in [0.717, 1.165) is 25.9 Å². The van der Waals surface area contributed by atoms with E-state index in [0.29, 0.717) is 26.3 Å². The monoisotopic (exact) mass is 346 g/mol. The molecule has 2 N–H and O–H groups in total. The molecule has 0 aliphatic carbocycles. The lowest BCUT2D eigenvalue weighted by molar-refractivity contribution is 0.0724. The number of unbranched alkanes of at least 4 members (excludes halogenated alkanes) is 1. The Morgan fingerprint density at radius 3 is 1.42 bits per heavy atom. The van der Waals surface area contributed by atoms with Crippen LogP contribution in [0.5, 0.6) is 0 Å². The van der Waals surface area contributed by atoms with Gasteiger partial charge >= 0.3 is 12.3 Å². The number of rotatable bonds is 11. The molecule has 0 spiro atoms. The summed E-state index contributed by atoms with van der Waals surface area (Å²) in [6.45, 7) is 7.16. The Balaban J connectivity index is 0. The first-order chi connectivity index (χ1) is 11.6. The van der Waals surface area contributed by atoms with Crippen LogP contribution in [-0.2, 0) is 18.9 Å². The van der Waals surface area contributed by atoms with Gasteiger partial charge < -0.3 is 29.6 Å². The topological polar surface area (TPSA) is 95.1 Å². The minimum Gasteiger partial charge on any atom is -0.438 e. The number of carbonyl (C=O) groups excluding carboxylic acids is 2. The summed E-state index contributed by atoms with van der Waals surface area (Å²) in [5, 5.41) is 6.29. The number of carbonyl (C=O) groups is 2. The summed E-state index contributed by atoms with van der Waals surface area (Å²) in [7, 11) is 2.55. The van der Waals surface area contributed by atoms with Gasteiger partial charge in [0.2, 0.25) is 0 Å². The van der Waals surface area contributed by atoms with E-state index in [4.69, 9.17) is 9.47 Å². The predicted molar refractivity (Wildman–Crippen MR) is 90.8 cm³/mol. The first-order valence-corrected chi connectivity index (χ1v) is 7.78. The highest BCUT2D eigenvalue weighted by molar-refractivity contribution is 5.59. The molecule has 24 heavy (non-hydrogen) atoms. The van der Waals surface area contributed by atoms with Crippen LogP contribution in [0.1, 0.15) is 26.7 Å². The van der Waals surface area contributed by atoms with Gasteiger partial charge in [-0.1, -0.05) is 0 Å². The summed E-state index contributed by atoms with van der Waals surface area (Å²) in [5.41, 5.74) is 0. The second kappa shape index (κ2) is 21.0. The van der Waals surface area contributed by atoms with Crippen LogP contribution in [0.4, 0.5) is 9.59 Å². The van der Waals surface area contributed by atoms with Gasteiger partial charge in [-0.15, -0.1) is 11.8 Å². The van der Waals surface area contributed by atoms with E-state index in [1.54, 1.807) is 0 Å². The largest absolute Gasteiger partial charge is 0.508 e. The van der Waals surface area contributed by atoms with Crippen molar-refractivity contribution in [3.63, 3.8) is 0 Å². The van der Waals surface area contributed by atoms with Crippen molar-refractivity contribution in [1.29, 1.82) is 0 Å². The smallest absolute Gasteiger partial charge is 0.438 e. The van der Waals surface area contributed by atoms with Crippen LogP contribution < -0.4 is 10.6 Å². The molecule has 0 aliphatic heterocycles. The van der Waals surface area contributed by atoms with Crippen molar-refractivity contribution in [3.8, 4) is 11.8 Å². The van der Waals surface area contributed by atoms with Gasteiger partial charge in [-0.3, -0.25) is 0 Å². The summed E-state index contributed by atoms with van der Waals surface area (Å²) in [5.74, 6) is 5.36. The molecule has 0 atom stereocenters. The molecule has 0 rings (SSSR count). The van der Waals surface area contributed by atoms with Crippen molar-refractivity contribution in [3.05, 3.63) is 0 Å². The van der Waals surface area contributed by atoms with Crippen LogP contribution in [0.2, 0.25) is 0 Å². The van der Waals surface area contributed by atoms with Crippen molar-refractivity contribution in [2.24, 2.45) is 0 Å². The van der Waals surface area contributed by atoms with E-state index in [1.165, 1.54) is 14.2 Å². The average Bonchev–Trinajstić information content (AvgIpc) is 2.62. The van der Waals surface area contributed by atoms with Crippen LogP contribution in [0.3, 0.4) is 0 Å². The molecular formula is C16H30N2O6. The van der Waals surface area contributed by atoms with Gasteiger partial charge in [0.05, 0.1) is 14.2 Å². The Bertz CT molecular complexity index is 333. The lowest BCUT2D eigenvalue weighted by Crippen LogP contribution is -2.25. The first kappa shape index (κ1) is 24.3. The molecule has 0 radical (unpaired) electrons. The maximum Gasteiger partial charge on any atom is 0.508 e. The minimum atomic E-state index is -0.662. The van der Waals surface area contributed by atoms with E-state index in [2.05, 4.69) is 31.9 Å². The van der Waals surface area contributed by atoms with Gasteiger partial charge in [0.15, 0.2) is 0 Å². The summed E-state index contributed by atoms with van der Waals surface area (Å²) in [6, 6.07) is 0. The van der Waals surface area contributed by atoms with Gasteiger partial charge in [-0.2, -0.15) is 0 Å². The van der Waals surface area contributed by atoms with E-state index in [1.807, 2.05) is 13.8 Å². The Labute approximate surface area is 144 Å². The Hall–Kier alpha value is -1.98. The van der Waals surface area contributed by atoms with E-state index < -0.39 is 12.3 Å². The summed E-state index contributed by atoms with van der Waals surface area (Å²) < 4.78 is 18.1. The molecule has 0 aromatic heterocycles. The summed E-state index contributed by atoms with van der Waals surface area (Å²) >= 11 is 0. The molecule has 0 aromatic carbocycles. The van der Waals surface area contributed by atoms with Crippen LogP contribution in [0.15, 0.2) is 0 Å². The van der Waals surface area contributed by atoms with Gasteiger partial charge in [0.1, 0.15) is 13.2 Å². The third kappa shape index (κ3) is 22.3. The fraction of sp³-hybridized carbons (Fsp3) is 0.750. The molecule has 8 nitrogen and oxygen atoms in total. The second-order valence-corrected chi connectivity index (χ2v) is 4.31. The maximum absolute atomic E-state index is 10.6. The van der Waals surface area contributed by atoms with Crippen molar-refractivity contribution < 1.29 is 28.5 Å². The molecule has 0 saturated carbocycles. The van der Waals surface area contributed by atoms with Gasteiger partial charge in [0.25, 0.3) is 0 Å². The molecule has 8 heteroatoms. The zero-order valence-electron chi connectivity index (χ0n) is 15.1. The molecular weight excluding hydrogens is 316 g/mol. The molecule has 0 saturated heterocycles. The number of methoxy groups -OCH3 is 2. The normalized spacial score (nSPS) is 8.83. The van der Waals surface area contributed by atoms with E-state index >= 15 is 0 Å². The van der Waals surface area contributed by atoms with Gasteiger partial charge in [-0.05, 0) is 39.8 Å². The Morgan fingerprint density at radius 2 is 1.12 bits per heavy atom. The number of hydrogen-bond acceptors (Lipinski definition) is 8. The van der Waals surface area contributed by atoms with Crippen molar-refractivity contribution in [2.45, 2.75) is 26.7 Å². The lowest BCUT2D eigenvalue weighted by Gasteiger charge is -2.07. The fourth-order valence-corrected chi connectivity index (χ4v) is 1.28. The predicted octanol–water partition coefficient (Wildman–Crippen LogP) is 1.54. The Morgan fingerprint density at radius 1 is 0.750 bits per heavy atom. The molecule has 0 heterocycles. The van der Waals surface area contributed by atoms with Crippen molar-refractivity contribution >= 4 is 12.3 Å². The van der Waals surface area contributed by atoms with Crippen LogP contribution in [0, 0.1) is 11.8 Å². The minimum absolute atomic E-state index is 0.301. The molecule has 0 aromatic rings. The fourth-order valence-electron chi connectivity index (χ4n) is 1.28. The lowest BCUT2D eigenvalue weighted by atomic mass is 10.3. The average molecular weight is 346 g/mol. The zero-order valence-corrected chi connectivity index (χ0v) is 15.1. The van der Waals surface area contributed by atoms with E-state index in [-0.39, 0.29) is 0 Å². The molecule has 0 fully saturated rings. The molecule has 0 amide bonds. The van der Waals surface area contributed by atoms with Gasteiger partial charge in [0, 0.05) is 13.1 Å². The highest BCUT2D eigenvalue weighted by Crippen LogP contribution is 1.86. The third-order valence-electron chi connectivity index (χ3n) is 2.54. The highest BCUT2D eigenvalue weighted by Gasteiger charge is 1.99. The third-order valence-corrected chi connectivity index (χ3v) is 2.54.